The van der Waals surface area contributed by atoms with E-state index < -0.39 is 0 Å². The Bertz CT molecular complexity index is 301. The van der Waals surface area contributed by atoms with E-state index in [1.807, 2.05) is 24.3 Å². The van der Waals surface area contributed by atoms with Gasteiger partial charge in [0.15, 0.2) is 0 Å². The van der Waals surface area contributed by atoms with E-state index in [0.717, 1.165) is 24.3 Å². The fourth-order valence-corrected chi connectivity index (χ4v) is 1.66. The molecular formula is C11H15NO2. The van der Waals surface area contributed by atoms with Gasteiger partial charge in [-0.1, -0.05) is 12.1 Å². The van der Waals surface area contributed by atoms with E-state index >= 15 is 0 Å². The molecule has 1 aromatic carbocycles. The first kappa shape index (κ1) is 9.34. The Labute approximate surface area is 83.7 Å². The van der Waals surface area contributed by atoms with Crippen molar-refractivity contribution in [2.75, 3.05) is 18.5 Å². The van der Waals surface area contributed by atoms with Gasteiger partial charge in [0.1, 0.15) is 12.4 Å². The summed E-state index contributed by atoms with van der Waals surface area (Å²) in [5.74, 6) is 0.924. The van der Waals surface area contributed by atoms with Crippen molar-refractivity contribution in [3.63, 3.8) is 0 Å². The number of aliphatic hydroxyl groups is 1. The Morgan fingerprint density at radius 3 is 3.14 bits per heavy atom. The molecule has 3 heteroatoms. The minimum Gasteiger partial charge on any atom is -0.489 e. The van der Waals surface area contributed by atoms with Gasteiger partial charge in [0.05, 0.1) is 11.7 Å². The van der Waals surface area contributed by atoms with Gasteiger partial charge < -0.3 is 15.2 Å². The Morgan fingerprint density at radius 2 is 2.29 bits per heavy atom. The average Bonchev–Trinajstić information content (AvgIpc) is 2.26. The molecule has 2 N–H and O–H groups in total. The van der Waals surface area contributed by atoms with Crippen molar-refractivity contribution in [2.24, 2.45) is 0 Å². The lowest BCUT2D eigenvalue weighted by molar-refractivity contribution is 0.249. The van der Waals surface area contributed by atoms with Crippen LogP contribution in [0.1, 0.15) is 12.8 Å². The molecule has 0 aromatic heterocycles. The summed E-state index contributed by atoms with van der Waals surface area (Å²) in [6.07, 6.45) is 1.77. The molecule has 0 amide bonds. The molecule has 3 nitrogen and oxygen atoms in total. The summed E-state index contributed by atoms with van der Waals surface area (Å²) in [4.78, 5) is 0. The maximum atomic E-state index is 8.72. The zero-order valence-corrected chi connectivity index (χ0v) is 8.07. The van der Waals surface area contributed by atoms with Gasteiger partial charge in [-0.05, 0) is 25.0 Å². The first-order chi connectivity index (χ1) is 6.90. The predicted molar refractivity (Wildman–Crippen MR) is 55.7 cm³/mol. The normalized spacial score (nSPS) is 19.4. The summed E-state index contributed by atoms with van der Waals surface area (Å²) in [6, 6.07) is 8.26. The van der Waals surface area contributed by atoms with Gasteiger partial charge in [-0.25, -0.2) is 0 Å². The first-order valence-corrected chi connectivity index (χ1v) is 4.99. The zero-order valence-electron chi connectivity index (χ0n) is 8.07. The number of hydrogen-bond donors (Lipinski definition) is 2. The van der Waals surface area contributed by atoms with Crippen LogP contribution in [0.25, 0.3) is 0 Å². The molecule has 1 unspecified atom stereocenters. The molecule has 0 bridgehead atoms. The van der Waals surface area contributed by atoms with Gasteiger partial charge >= 0.3 is 0 Å². The highest BCUT2D eigenvalue weighted by atomic mass is 16.5. The summed E-state index contributed by atoms with van der Waals surface area (Å²) in [5, 5.41) is 12.1. The zero-order chi connectivity index (χ0) is 9.80. The molecule has 0 spiro atoms. The Kier molecular flexibility index (Phi) is 2.89. The standard InChI is InChI=1S/C11H15NO2/c13-7-3-4-9-8-14-11-6-2-1-5-10(11)12-9/h1-2,5-6,9,12-13H,3-4,7-8H2. The molecule has 1 heterocycles. The van der Waals surface area contributed by atoms with Crippen LogP contribution in [0, 0.1) is 0 Å². The third-order valence-corrected chi connectivity index (χ3v) is 2.40. The Hall–Kier alpha value is -1.22. The fraction of sp³-hybridized carbons (Fsp3) is 0.455. The largest absolute Gasteiger partial charge is 0.489 e. The van der Waals surface area contributed by atoms with Crippen LogP contribution >= 0.6 is 0 Å². The van der Waals surface area contributed by atoms with Crippen molar-refractivity contribution >= 4 is 5.69 Å². The quantitative estimate of drug-likeness (QED) is 0.766. The van der Waals surface area contributed by atoms with E-state index in [1.165, 1.54) is 0 Å². The minimum atomic E-state index is 0.250. The SMILES string of the molecule is OCCCC1COc2ccccc2N1. The van der Waals surface area contributed by atoms with Gasteiger partial charge in [-0.2, -0.15) is 0 Å². The van der Waals surface area contributed by atoms with Crippen LogP contribution in [-0.2, 0) is 0 Å². The van der Waals surface area contributed by atoms with Crippen LogP contribution in [0.3, 0.4) is 0 Å². The molecule has 1 aliphatic rings. The fourth-order valence-electron chi connectivity index (χ4n) is 1.66. The van der Waals surface area contributed by atoms with Gasteiger partial charge in [-0.3, -0.25) is 0 Å². The monoisotopic (exact) mass is 193 g/mol. The van der Waals surface area contributed by atoms with E-state index in [-0.39, 0.29) is 6.61 Å². The van der Waals surface area contributed by atoms with Crippen LogP contribution in [-0.4, -0.2) is 24.4 Å². The Morgan fingerprint density at radius 1 is 1.43 bits per heavy atom. The van der Waals surface area contributed by atoms with Crippen molar-refractivity contribution in [1.29, 1.82) is 0 Å². The molecule has 1 aromatic rings. The highest BCUT2D eigenvalue weighted by molar-refractivity contribution is 5.58. The van der Waals surface area contributed by atoms with Gasteiger partial charge in [0, 0.05) is 6.61 Å². The molecule has 0 fully saturated rings. The number of rotatable bonds is 3. The van der Waals surface area contributed by atoms with Crippen LogP contribution in [0.15, 0.2) is 24.3 Å². The van der Waals surface area contributed by atoms with Gasteiger partial charge in [0.25, 0.3) is 0 Å². The topological polar surface area (TPSA) is 41.5 Å². The van der Waals surface area contributed by atoms with E-state index in [9.17, 15) is 0 Å². The number of nitrogens with one attached hydrogen (secondary N) is 1. The van der Waals surface area contributed by atoms with Gasteiger partial charge in [0.2, 0.25) is 0 Å². The lowest BCUT2D eigenvalue weighted by Crippen LogP contribution is -2.31. The molecule has 14 heavy (non-hydrogen) atoms. The number of fused-ring (bicyclic) bond motifs is 1. The highest BCUT2D eigenvalue weighted by Gasteiger charge is 2.17. The van der Waals surface area contributed by atoms with Crippen molar-refractivity contribution in [3.8, 4) is 5.75 Å². The lowest BCUT2D eigenvalue weighted by atomic mass is 10.1. The second-order valence-electron chi connectivity index (χ2n) is 3.51. The summed E-state index contributed by atoms with van der Waals surface area (Å²) < 4.78 is 5.59. The van der Waals surface area contributed by atoms with E-state index in [0.29, 0.717) is 12.6 Å². The number of aliphatic hydroxyl groups excluding tert-OH is 1. The molecule has 76 valence electrons. The summed E-state index contributed by atoms with van der Waals surface area (Å²) in [5.41, 5.74) is 1.06. The van der Waals surface area contributed by atoms with Crippen LogP contribution < -0.4 is 10.1 Å². The van der Waals surface area contributed by atoms with Crippen LogP contribution in [0.5, 0.6) is 5.75 Å². The minimum absolute atomic E-state index is 0.250. The van der Waals surface area contributed by atoms with Crippen molar-refractivity contribution in [1.82, 2.24) is 0 Å². The van der Waals surface area contributed by atoms with Gasteiger partial charge in [-0.15, -0.1) is 0 Å². The molecule has 0 aliphatic carbocycles. The average molecular weight is 193 g/mol. The molecular weight excluding hydrogens is 178 g/mol. The molecule has 0 radical (unpaired) electrons. The Balaban J connectivity index is 1.99. The maximum absolute atomic E-state index is 8.72. The molecule has 0 saturated heterocycles. The molecule has 2 rings (SSSR count). The van der Waals surface area contributed by atoms with Crippen LogP contribution in [0.2, 0.25) is 0 Å². The second kappa shape index (κ2) is 4.33. The number of hydrogen-bond acceptors (Lipinski definition) is 3. The summed E-state index contributed by atoms with van der Waals surface area (Å²) in [6.45, 7) is 0.941. The lowest BCUT2D eigenvalue weighted by Gasteiger charge is -2.27. The first-order valence-electron chi connectivity index (χ1n) is 4.99. The van der Waals surface area contributed by atoms with Crippen LogP contribution in [0.4, 0.5) is 5.69 Å². The summed E-state index contributed by atoms with van der Waals surface area (Å²) in [7, 11) is 0. The second-order valence-corrected chi connectivity index (χ2v) is 3.51. The van der Waals surface area contributed by atoms with Crippen molar-refractivity contribution in [2.45, 2.75) is 18.9 Å². The highest BCUT2D eigenvalue weighted by Crippen LogP contribution is 2.28. The van der Waals surface area contributed by atoms with E-state index in [4.69, 9.17) is 9.84 Å². The van der Waals surface area contributed by atoms with E-state index in [2.05, 4.69) is 5.32 Å². The molecule has 1 atom stereocenters. The van der Waals surface area contributed by atoms with E-state index in [1.54, 1.807) is 0 Å². The molecule has 0 saturated carbocycles. The van der Waals surface area contributed by atoms with Crippen molar-refractivity contribution < 1.29 is 9.84 Å². The smallest absolute Gasteiger partial charge is 0.142 e. The predicted octanol–water partition coefficient (Wildman–Crippen LogP) is 1.63. The summed E-state index contributed by atoms with van der Waals surface area (Å²) >= 11 is 0. The number of benzene rings is 1. The molecule has 1 aliphatic heterocycles. The third-order valence-electron chi connectivity index (χ3n) is 2.40. The number of ether oxygens (including phenoxy) is 1. The third kappa shape index (κ3) is 1.99. The number of anilines is 1. The number of para-hydroxylation sites is 2. The maximum Gasteiger partial charge on any atom is 0.142 e. The van der Waals surface area contributed by atoms with Crippen molar-refractivity contribution in [3.05, 3.63) is 24.3 Å².